The van der Waals surface area contributed by atoms with Gasteiger partial charge >= 0.3 is 0 Å². The second kappa shape index (κ2) is 5.78. The molecule has 1 heterocycles. The van der Waals surface area contributed by atoms with Crippen molar-refractivity contribution < 1.29 is 0 Å². The molecule has 0 radical (unpaired) electrons. The number of hydrogen-bond acceptors (Lipinski definition) is 2. The lowest BCUT2D eigenvalue weighted by Gasteiger charge is -2.22. The second-order valence-electron chi connectivity index (χ2n) is 3.37. The topological polar surface area (TPSA) is 3.24 Å². The largest absolute Gasteiger partial charge is 0.303 e. The third kappa shape index (κ3) is 3.79. The van der Waals surface area contributed by atoms with E-state index in [2.05, 4.69) is 51.6 Å². The van der Waals surface area contributed by atoms with E-state index < -0.39 is 0 Å². The zero-order valence-corrected chi connectivity index (χ0v) is 10.6. The van der Waals surface area contributed by atoms with E-state index in [9.17, 15) is 0 Å². The highest BCUT2D eigenvalue weighted by atomic mass is 79.9. The van der Waals surface area contributed by atoms with Gasteiger partial charge in [0.2, 0.25) is 0 Å². The van der Waals surface area contributed by atoms with Crippen LogP contribution >= 0.6 is 27.3 Å². The van der Waals surface area contributed by atoms with Crippen LogP contribution in [0.5, 0.6) is 0 Å². The summed E-state index contributed by atoms with van der Waals surface area (Å²) in [4.78, 5) is 2.38. The molecule has 0 N–H and O–H groups in total. The molecular weight excluding hydrogens is 246 g/mol. The summed E-state index contributed by atoms with van der Waals surface area (Å²) in [6.07, 6.45) is 1.16. The van der Waals surface area contributed by atoms with E-state index in [-0.39, 0.29) is 0 Å². The Hall–Kier alpha value is 0.140. The minimum absolute atomic E-state index is 0.624. The number of nitrogens with zero attached hydrogens (tertiary/aromatic N) is 1. The van der Waals surface area contributed by atoms with E-state index >= 15 is 0 Å². The SMILES string of the molecule is CC(CBr)N(C)CCc1ccsc1. The van der Waals surface area contributed by atoms with Gasteiger partial charge in [-0.3, -0.25) is 0 Å². The zero-order valence-electron chi connectivity index (χ0n) is 8.16. The lowest BCUT2D eigenvalue weighted by atomic mass is 10.2. The molecule has 0 saturated heterocycles. The van der Waals surface area contributed by atoms with Gasteiger partial charge in [-0.05, 0) is 42.8 Å². The normalized spacial score (nSPS) is 13.5. The van der Waals surface area contributed by atoms with Crippen molar-refractivity contribution >= 4 is 27.3 Å². The van der Waals surface area contributed by atoms with E-state index in [1.165, 1.54) is 5.56 Å². The van der Waals surface area contributed by atoms with E-state index in [1.807, 2.05) is 0 Å². The third-order valence-corrected chi connectivity index (χ3v) is 3.98. The van der Waals surface area contributed by atoms with Gasteiger partial charge in [0.05, 0.1) is 0 Å². The van der Waals surface area contributed by atoms with E-state index in [4.69, 9.17) is 0 Å². The first kappa shape index (κ1) is 11.2. The molecule has 1 nitrogen and oxygen atoms in total. The van der Waals surface area contributed by atoms with Gasteiger partial charge in [0.25, 0.3) is 0 Å². The van der Waals surface area contributed by atoms with Gasteiger partial charge in [-0.15, -0.1) is 0 Å². The molecule has 0 spiro atoms. The smallest absolute Gasteiger partial charge is 0.0185 e. The molecule has 0 aromatic carbocycles. The predicted octanol–water partition coefficient (Wildman–Crippen LogP) is 3.01. The van der Waals surface area contributed by atoms with Gasteiger partial charge < -0.3 is 4.90 Å². The molecular formula is C10H16BrNS. The molecule has 0 saturated carbocycles. The Balaban J connectivity index is 2.26. The van der Waals surface area contributed by atoms with Gasteiger partial charge in [0, 0.05) is 17.9 Å². The molecule has 13 heavy (non-hydrogen) atoms. The zero-order chi connectivity index (χ0) is 9.68. The lowest BCUT2D eigenvalue weighted by molar-refractivity contribution is 0.282. The molecule has 3 heteroatoms. The average molecular weight is 262 g/mol. The van der Waals surface area contributed by atoms with Crippen LogP contribution < -0.4 is 0 Å². The van der Waals surface area contributed by atoms with Gasteiger partial charge in [-0.25, -0.2) is 0 Å². The maximum absolute atomic E-state index is 3.49. The Labute approximate surface area is 92.9 Å². The molecule has 74 valence electrons. The highest BCUT2D eigenvalue weighted by molar-refractivity contribution is 9.09. The fraction of sp³-hybridized carbons (Fsp3) is 0.600. The van der Waals surface area contributed by atoms with Crippen molar-refractivity contribution in [3.05, 3.63) is 22.4 Å². The Morgan fingerprint density at radius 2 is 2.38 bits per heavy atom. The Morgan fingerprint density at radius 1 is 1.62 bits per heavy atom. The first-order chi connectivity index (χ1) is 6.24. The fourth-order valence-electron chi connectivity index (χ4n) is 1.08. The summed E-state index contributed by atoms with van der Waals surface area (Å²) in [5.74, 6) is 0. The monoisotopic (exact) mass is 261 g/mol. The summed E-state index contributed by atoms with van der Waals surface area (Å²) < 4.78 is 0. The first-order valence-corrected chi connectivity index (χ1v) is 6.57. The summed E-state index contributed by atoms with van der Waals surface area (Å²) in [7, 11) is 2.18. The average Bonchev–Trinajstić information content (AvgIpc) is 2.65. The van der Waals surface area contributed by atoms with Crippen LogP contribution in [-0.4, -0.2) is 29.9 Å². The van der Waals surface area contributed by atoms with Crippen molar-refractivity contribution in [2.75, 3.05) is 18.9 Å². The number of halogens is 1. The van der Waals surface area contributed by atoms with Gasteiger partial charge in [-0.2, -0.15) is 11.3 Å². The molecule has 0 aliphatic heterocycles. The predicted molar refractivity (Wildman–Crippen MR) is 63.9 cm³/mol. The molecule has 1 aromatic rings. The highest BCUT2D eigenvalue weighted by Crippen LogP contribution is 2.08. The van der Waals surface area contributed by atoms with Crippen LogP contribution in [-0.2, 0) is 6.42 Å². The van der Waals surface area contributed by atoms with Crippen molar-refractivity contribution in [2.45, 2.75) is 19.4 Å². The number of alkyl halides is 1. The molecule has 1 unspecified atom stereocenters. The van der Waals surface area contributed by atoms with Crippen LogP contribution in [0, 0.1) is 0 Å². The lowest BCUT2D eigenvalue weighted by Crippen LogP contribution is -2.31. The van der Waals surface area contributed by atoms with Gasteiger partial charge in [0.1, 0.15) is 0 Å². The molecule has 0 aliphatic rings. The van der Waals surface area contributed by atoms with E-state index in [1.54, 1.807) is 11.3 Å². The Kier molecular flexibility index (Phi) is 4.99. The minimum Gasteiger partial charge on any atom is -0.303 e. The number of rotatable bonds is 5. The second-order valence-corrected chi connectivity index (χ2v) is 4.79. The first-order valence-electron chi connectivity index (χ1n) is 4.51. The Morgan fingerprint density at radius 3 is 2.92 bits per heavy atom. The molecule has 0 bridgehead atoms. The van der Waals surface area contributed by atoms with Crippen molar-refractivity contribution in [3.63, 3.8) is 0 Å². The van der Waals surface area contributed by atoms with Crippen LogP contribution in [0.1, 0.15) is 12.5 Å². The van der Waals surface area contributed by atoms with Crippen molar-refractivity contribution in [1.82, 2.24) is 4.90 Å². The summed E-state index contributed by atoms with van der Waals surface area (Å²) in [5, 5.41) is 5.42. The molecule has 1 atom stereocenters. The van der Waals surface area contributed by atoms with Gasteiger partial charge in [0.15, 0.2) is 0 Å². The molecule has 0 aliphatic carbocycles. The highest BCUT2D eigenvalue weighted by Gasteiger charge is 2.06. The van der Waals surface area contributed by atoms with Crippen molar-refractivity contribution in [2.24, 2.45) is 0 Å². The van der Waals surface area contributed by atoms with Crippen LogP contribution in [0.4, 0.5) is 0 Å². The number of thiophene rings is 1. The molecule has 0 fully saturated rings. The fourth-order valence-corrected chi connectivity index (χ4v) is 2.28. The van der Waals surface area contributed by atoms with Crippen molar-refractivity contribution in [3.8, 4) is 0 Å². The van der Waals surface area contributed by atoms with Gasteiger partial charge in [-0.1, -0.05) is 15.9 Å². The summed E-state index contributed by atoms with van der Waals surface area (Å²) in [5.41, 5.74) is 1.46. The number of likely N-dealkylation sites (N-methyl/N-ethyl adjacent to an activating group) is 1. The third-order valence-electron chi connectivity index (χ3n) is 2.31. The maximum Gasteiger partial charge on any atom is 0.0185 e. The van der Waals surface area contributed by atoms with Crippen molar-refractivity contribution in [1.29, 1.82) is 0 Å². The molecule has 1 aromatic heterocycles. The quantitative estimate of drug-likeness (QED) is 0.737. The number of hydrogen-bond donors (Lipinski definition) is 0. The summed E-state index contributed by atoms with van der Waals surface area (Å²) >= 11 is 5.27. The minimum atomic E-state index is 0.624. The van der Waals surface area contributed by atoms with Crippen LogP contribution in [0.2, 0.25) is 0 Å². The summed E-state index contributed by atoms with van der Waals surface area (Å²) in [6.45, 7) is 3.38. The standard InChI is InChI=1S/C10H16BrNS/c1-9(7-11)12(2)5-3-10-4-6-13-8-10/h4,6,8-9H,3,5,7H2,1-2H3. The molecule has 1 rings (SSSR count). The van der Waals surface area contributed by atoms with Crippen LogP contribution in [0.25, 0.3) is 0 Å². The van der Waals surface area contributed by atoms with Crippen LogP contribution in [0.15, 0.2) is 16.8 Å². The summed E-state index contributed by atoms with van der Waals surface area (Å²) in [6, 6.07) is 2.83. The van der Waals surface area contributed by atoms with E-state index in [0.717, 1.165) is 18.3 Å². The van der Waals surface area contributed by atoms with E-state index in [0.29, 0.717) is 6.04 Å². The maximum atomic E-state index is 3.49. The Bertz CT molecular complexity index is 223. The molecule has 0 amide bonds. The van der Waals surface area contributed by atoms with Crippen LogP contribution in [0.3, 0.4) is 0 Å².